The summed E-state index contributed by atoms with van der Waals surface area (Å²) >= 11 is 0.899. The molecule has 6 nitrogen and oxygen atoms in total. The number of hydrogen-bond donors (Lipinski definition) is 3. The molecule has 0 amide bonds. The first-order chi connectivity index (χ1) is 5.31. The quantitative estimate of drug-likeness (QED) is 0.255. The van der Waals surface area contributed by atoms with E-state index in [1.807, 2.05) is 0 Å². The highest BCUT2D eigenvalue weighted by atomic mass is 32.2. The molecule has 72 valence electrons. The van der Waals surface area contributed by atoms with Crippen LogP contribution in [0.4, 0.5) is 0 Å². The largest absolute Gasteiger partial charge is 0.748 e. The van der Waals surface area contributed by atoms with Crippen LogP contribution in [0, 0.1) is 0 Å². The van der Waals surface area contributed by atoms with Crippen molar-refractivity contribution in [2.24, 2.45) is 5.73 Å². The van der Waals surface area contributed by atoms with E-state index in [0.29, 0.717) is 0 Å². The number of hydrogen-bond acceptors (Lipinski definition) is 5. The van der Waals surface area contributed by atoms with Crippen LogP contribution in [0.15, 0.2) is 0 Å². The van der Waals surface area contributed by atoms with E-state index in [1.54, 1.807) is 0 Å². The van der Waals surface area contributed by atoms with E-state index in [0.717, 1.165) is 11.8 Å². The lowest BCUT2D eigenvalue weighted by molar-refractivity contribution is -0.110. The molecule has 0 saturated carbocycles. The average Bonchev–Trinajstić information content (AvgIpc) is 1.79. The second-order valence-electron chi connectivity index (χ2n) is 2.09. The Morgan fingerprint density at radius 2 is 2.25 bits per heavy atom. The number of aliphatic hydroxyl groups is 1. The lowest BCUT2D eigenvalue weighted by Gasteiger charge is -2.11. The Morgan fingerprint density at radius 1 is 1.75 bits per heavy atom. The highest BCUT2D eigenvalue weighted by Crippen LogP contribution is 2.01. The van der Waals surface area contributed by atoms with Crippen molar-refractivity contribution in [2.45, 2.75) is 6.10 Å². The smallest absolute Gasteiger partial charge is 0.299 e. The number of rotatable bonds is 4. The Hall–Kier alpha value is -0.310. The molecule has 0 heterocycles. The Bertz CT molecular complexity index is 250. The minimum absolute atomic E-state index is 0.00377. The van der Waals surface area contributed by atoms with Gasteiger partial charge >= 0.3 is 0 Å². The van der Waals surface area contributed by atoms with Gasteiger partial charge in [-0.15, -0.1) is 0 Å². The molecular weight excluding hydrogens is 204 g/mol. The third-order valence-electron chi connectivity index (χ3n) is 0.839. The van der Waals surface area contributed by atoms with Gasteiger partial charge in [-0.1, -0.05) is 0 Å². The van der Waals surface area contributed by atoms with Crippen LogP contribution in [0.3, 0.4) is 0 Å². The second-order valence-corrected chi connectivity index (χ2v) is 4.63. The molecule has 0 aromatic carbocycles. The normalized spacial score (nSPS) is 14.2. The van der Waals surface area contributed by atoms with Gasteiger partial charge in [0.2, 0.25) is 0 Å². The van der Waals surface area contributed by atoms with Crippen molar-refractivity contribution in [3.05, 3.63) is 0 Å². The van der Waals surface area contributed by atoms with Gasteiger partial charge in [0.15, 0.2) is 0 Å². The van der Waals surface area contributed by atoms with Crippen LogP contribution in [0.2, 0.25) is 0 Å². The third-order valence-corrected chi connectivity index (χ3v) is 2.52. The van der Waals surface area contributed by atoms with Crippen molar-refractivity contribution in [3.8, 4) is 0 Å². The number of thioether (sulfide) groups is 1. The fourth-order valence-electron chi connectivity index (χ4n) is 0.476. The van der Waals surface area contributed by atoms with Gasteiger partial charge in [-0.05, 0) is 11.8 Å². The molecule has 0 rings (SSSR count). The van der Waals surface area contributed by atoms with Gasteiger partial charge in [0.1, 0.15) is 0 Å². The average molecular weight is 214 g/mol. The predicted octanol–water partition coefficient (Wildman–Crippen LogP) is -3.30. The zero-order valence-corrected chi connectivity index (χ0v) is 7.77. The molecule has 0 saturated heterocycles. The van der Waals surface area contributed by atoms with Gasteiger partial charge in [0.05, 0.1) is 22.0 Å². The van der Waals surface area contributed by atoms with E-state index < -0.39 is 22.0 Å². The molecule has 5 N–H and O–H groups in total. The van der Waals surface area contributed by atoms with E-state index in [4.69, 9.17) is 16.2 Å². The minimum atomic E-state index is -4.38. The van der Waals surface area contributed by atoms with Crippen LogP contribution in [-0.4, -0.2) is 40.9 Å². The van der Waals surface area contributed by atoms with E-state index in [2.05, 4.69) is 0 Å². The molecule has 0 aromatic rings. The molecule has 12 heavy (non-hydrogen) atoms. The van der Waals surface area contributed by atoms with Crippen LogP contribution in [0.1, 0.15) is 0 Å². The molecule has 1 atom stereocenters. The Labute approximate surface area is 74.4 Å². The summed E-state index contributed by atoms with van der Waals surface area (Å²) in [7, 11) is -4.38. The predicted molar refractivity (Wildman–Crippen MR) is 44.1 cm³/mol. The van der Waals surface area contributed by atoms with Crippen LogP contribution < -0.4 is 11.1 Å². The molecule has 0 aliphatic rings. The summed E-state index contributed by atoms with van der Waals surface area (Å²) in [4.78, 5) is 0. The molecular formula is C4H10N2O4S2. The van der Waals surface area contributed by atoms with Crippen molar-refractivity contribution in [1.29, 1.82) is 0 Å². The molecule has 0 aromatic heterocycles. The summed E-state index contributed by atoms with van der Waals surface area (Å²) in [5, 5.41) is 14.0. The van der Waals surface area contributed by atoms with Crippen LogP contribution in [0.5, 0.6) is 0 Å². The van der Waals surface area contributed by atoms with Crippen molar-refractivity contribution in [3.63, 3.8) is 0 Å². The number of aliphatic hydroxyl groups excluding tert-OH is 1. The molecule has 0 fully saturated rings. The maximum absolute atomic E-state index is 10.1. The maximum Gasteiger partial charge on any atom is 0.299 e. The fourth-order valence-corrected chi connectivity index (χ4v) is 1.72. The van der Waals surface area contributed by atoms with Crippen LogP contribution >= 0.6 is 11.8 Å². The Balaban J connectivity index is 3.75. The molecule has 0 bridgehead atoms. The van der Waals surface area contributed by atoms with Crippen molar-refractivity contribution in [1.82, 2.24) is 0 Å². The highest BCUT2D eigenvalue weighted by Gasteiger charge is 2.10. The summed E-state index contributed by atoms with van der Waals surface area (Å²) in [5.74, 6) is -0.808. The van der Waals surface area contributed by atoms with Crippen molar-refractivity contribution >= 4 is 27.0 Å². The van der Waals surface area contributed by atoms with Gasteiger partial charge in [-0.3, -0.25) is 11.1 Å². The minimum Gasteiger partial charge on any atom is -0.748 e. The fraction of sp³-hybridized carbons (Fsp3) is 0.750. The summed E-state index contributed by atoms with van der Waals surface area (Å²) in [6.07, 6.45) is -1.22. The SMILES string of the molecule is NC(=[NH2+])SCC(O)CS(=O)(=O)[O-]. The van der Waals surface area contributed by atoms with Gasteiger partial charge < -0.3 is 9.66 Å². The van der Waals surface area contributed by atoms with E-state index in [1.165, 1.54) is 0 Å². The van der Waals surface area contributed by atoms with E-state index >= 15 is 0 Å². The standard InChI is InChI=1S/C4H10N2O4S2/c5-4(6)11-1-3(7)2-12(8,9)10/h3,7H,1-2H2,(H3,5,6)(H,8,9,10). The Kier molecular flexibility index (Phi) is 4.53. The summed E-state index contributed by atoms with van der Waals surface area (Å²) in [5.41, 5.74) is 5.02. The molecule has 0 radical (unpaired) electrons. The number of nitrogens with two attached hydrogens (primary N) is 2. The third kappa shape index (κ3) is 7.79. The van der Waals surface area contributed by atoms with Gasteiger partial charge in [0.25, 0.3) is 5.17 Å². The first kappa shape index (κ1) is 11.7. The zero-order chi connectivity index (χ0) is 9.78. The first-order valence-corrected chi connectivity index (χ1v) is 5.50. The molecule has 0 aliphatic carbocycles. The monoisotopic (exact) mass is 214 g/mol. The lowest BCUT2D eigenvalue weighted by atomic mass is 10.5. The highest BCUT2D eigenvalue weighted by molar-refractivity contribution is 8.13. The Morgan fingerprint density at radius 3 is 2.58 bits per heavy atom. The van der Waals surface area contributed by atoms with Gasteiger partial charge in [-0.2, -0.15) is 0 Å². The number of amidine groups is 1. The molecule has 1 unspecified atom stereocenters. The van der Waals surface area contributed by atoms with Gasteiger partial charge in [0, 0.05) is 5.75 Å². The van der Waals surface area contributed by atoms with Crippen LogP contribution in [-0.2, 0) is 10.1 Å². The van der Waals surface area contributed by atoms with Crippen molar-refractivity contribution in [2.75, 3.05) is 11.5 Å². The van der Waals surface area contributed by atoms with E-state index in [-0.39, 0.29) is 10.9 Å². The molecule has 8 heteroatoms. The second kappa shape index (κ2) is 4.65. The zero-order valence-electron chi connectivity index (χ0n) is 6.13. The summed E-state index contributed by atoms with van der Waals surface area (Å²) in [6, 6.07) is 0. The summed E-state index contributed by atoms with van der Waals surface area (Å²) < 4.78 is 30.3. The van der Waals surface area contributed by atoms with E-state index in [9.17, 15) is 13.0 Å². The first-order valence-electron chi connectivity index (χ1n) is 2.93. The van der Waals surface area contributed by atoms with Crippen molar-refractivity contribution < 1.29 is 23.5 Å². The molecule has 0 spiro atoms. The summed E-state index contributed by atoms with van der Waals surface area (Å²) in [6.45, 7) is 0. The maximum atomic E-state index is 10.1. The van der Waals surface area contributed by atoms with Crippen LogP contribution in [0.25, 0.3) is 0 Å². The van der Waals surface area contributed by atoms with Gasteiger partial charge in [-0.25, -0.2) is 8.42 Å². The lowest BCUT2D eigenvalue weighted by Crippen LogP contribution is -2.44. The topological polar surface area (TPSA) is 129 Å². The molecule has 0 aliphatic heterocycles.